The fourth-order valence-electron chi connectivity index (χ4n) is 2.78. The number of aromatic nitrogens is 5. The summed E-state index contributed by atoms with van der Waals surface area (Å²) in [6, 6.07) is 11.7. The van der Waals surface area contributed by atoms with Crippen molar-refractivity contribution in [1.82, 2.24) is 24.7 Å². The van der Waals surface area contributed by atoms with Gasteiger partial charge in [0.05, 0.1) is 21.7 Å². The summed E-state index contributed by atoms with van der Waals surface area (Å²) in [5.41, 5.74) is 1.69. The van der Waals surface area contributed by atoms with Gasteiger partial charge in [-0.05, 0) is 18.2 Å². The molecule has 9 heteroatoms. The molecule has 0 atom stereocenters. The van der Waals surface area contributed by atoms with Crippen molar-refractivity contribution >= 4 is 45.0 Å². The highest BCUT2D eigenvalue weighted by Crippen LogP contribution is 2.27. The third kappa shape index (κ3) is 4.68. The maximum absolute atomic E-state index is 12.6. The molecule has 7 nitrogen and oxygen atoms in total. The number of nitrogens with zero attached hydrogens (tertiary/aromatic N) is 5. The topological polar surface area (TPSA) is 85.6 Å². The highest BCUT2D eigenvalue weighted by Gasteiger charge is 2.22. The third-order valence-electron chi connectivity index (χ3n) is 4.28. The number of thioether (sulfide) groups is 1. The molecule has 0 saturated carbocycles. The summed E-state index contributed by atoms with van der Waals surface area (Å²) in [5.74, 6) is 1.91. The van der Waals surface area contributed by atoms with E-state index in [-0.39, 0.29) is 11.3 Å². The van der Waals surface area contributed by atoms with Crippen molar-refractivity contribution in [2.45, 2.75) is 31.9 Å². The lowest BCUT2D eigenvalue weighted by atomic mass is 9.92. The minimum atomic E-state index is -0.166. The quantitative estimate of drug-likeness (QED) is 0.479. The lowest BCUT2D eigenvalue weighted by molar-refractivity contribution is -0.113. The van der Waals surface area contributed by atoms with Crippen molar-refractivity contribution in [3.8, 4) is 5.95 Å². The molecule has 30 heavy (non-hydrogen) atoms. The Balaban J connectivity index is 1.43. The molecule has 0 aliphatic rings. The number of hydrogen-bond donors (Lipinski definition) is 1. The van der Waals surface area contributed by atoms with Crippen LogP contribution in [0.5, 0.6) is 0 Å². The average molecular weight is 439 g/mol. The highest BCUT2D eigenvalue weighted by molar-refractivity contribution is 7.99. The van der Waals surface area contributed by atoms with Crippen LogP contribution in [0.25, 0.3) is 16.2 Å². The van der Waals surface area contributed by atoms with E-state index in [2.05, 4.69) is 52.2 Å². The summed E-state index contributed by atoms with van der Waals surface area (Å²) in [6.45, 7) is 6.22. The van der Waals surface area contributed by atoms with Gasteiger partial charge in [-0.2, -0.15) is 9.78 Å². The molecule has 0 aliphatic carbocycles. The fourth-order valence-corrected chi connectivity index (χ4v) is 4.63. The van der Waals surface area contributed by atoms with Gasteiger partial charge in [0.2, 0.25) is 5.91 Å². The molecule has 3 heterocycles. The van der Waals surface area contributed by atoms with Gasteiger partial charge in [0.15, 0.2) is 0 Å². The van der Waals surface area contributed by atoms with Gasteiger partial charge in [0, 0.05) is 29.6 Å². The van der Waals surface area contributed by atoms with Crippen LogP contribution in [0.15, 0.2) is 48.8 Å². The van der Waals surface area contributed by atoms with Crippen LogP contribution in [0.4, 0.5) is 5.82 Å². The van der Waals surface area contributed by atoms with E-state index >= 15 is 0 Å². The van der Waals surface area contributed by atoms with Gasteiger partial charge in [0.25, 0.3) is 5.95 Å². The highest BCUT2D eigenvalue weighted by atomic mass is 32.2. The third-order valence-corrected chi connectivity index (χ3v) is 6.45. The van der Waals surface area contributed by atoms with Gasteiger partial charge < -0.3 is 5.32 Å². The van der Waals surface area contributed by atoms with Crippen molar-refractivity contribution in [3.63, 3.8) is 0 Å². The van der Waals surface area contributed by atoms with Gasteiger partial charge in [-0.1, -0.05) is 32.9 Å². The average Bonchev–Trinajstić information content (AvgIpc) is 3.32. The van der Waals surface area contributed by atoms with Crippen LogP contribution >= 0.6 is 23.1 Å². The Morgan fingerprint density at radius 1 is 1.17 bits per heavy atom. The first-order chi connectivity index (χ1) is 14.4. The van der Waals surface area contributed by atoms with E-state index in [1.165, 1.54) is 16.5 Å². The molecule has 0 radical (unpaired) electrons. The van der Waals surface area contributed by atoms with Crippen LogP contribution in [0.2, 0.25) is 0 Å². The second-order valence-corrected chi connectivity index (χ2v) is 9.84. The zero-order valence-corrected chi connectivity index (χ0v) is 18.6. The molecule has 0 unspecified atom stereocenters. The van der Waals surface area contributed by atoms with E-state index in [9.17, 15) is 4.79 Å². The Morgan fingerprint density at radius 3 is 2.67 bits per heavy atom. The molecule has 1 aromatic carbocycles. The van der Waals surface area contributed by atoms with Crippen LogP contribution in [-0.4, -0.2) is 36.4 Å². The first kappa shape index (κ1) is 20.5. The van der Waals surface area contributed by atoms with E-state index in [0.717, 1.165) is 16.2 Å². The number of anilines is 1. The molecule has 0 fully saturated rings. The molecule has 1 N–H and O–H groups in total. The molecule has 1 amide bonds. The second kappa shape index (κ2) is 8.53. The van der Waals surface area contributed by atoms with Crippen LogP contribution in [0.3, 0.4) is 0 Å². The van der Waals surface area contributed by atoms with Crippen LogP contribution in [-0.2, 0) is 16.0 Å². The minimum Gasteiger partial charge on any atom is -0.310 e. The summed E-state index contributed by atoms with van der Waals surface area (Å²) in [4.78, 5) is 25.7. The SMILES string of the molecule is CC(C)(C)c1cc(NC(=O)CSCc2nc3ccccc3s2)n(-c2ncccn2)n1. The molecule has 0 spiro atoms. The normalized spacial score (nSPS) is 11.7. The number of hydrogen-bond acceptors (Lipinski definition) is 7. The number of benzene rings is 1. The minimum absolute atomic E-state index is 0.0985. The molecule has 0 aliphatic heterocycles. The Morgan fingerprint density at radius 2 is 1.93 bits per heavy atom. The lowest BCUT2D eigenvalue weighted by Gasteiger charge is -2.13. The van der Waals surface area contributed by atoms with Crippen molar-refractivity contribution in [1.29, 1.82) is 0 Å². The predicted octanol–water partition coefficient (Wildman–Crippen LogP) is 4.44. The van der Waals surface area contributed by atoms with Crippen molar-refractivity contribution in [2.24, 2.45) is 0 Å². The van der Waals surface area contributed by atoms with Crippen molar-refractivity contribution in [2.75, 3.05) is 11.1 Å². The van der Waals surface area contributed by atoms with E-state index in [4.69, 9.17) is 0 Å². The van der Waals surface area contributed by atoms with E-state index in [1.807, 2.05) is 24.3 Å². The lowest BCUT2D eigenvalue weighted by Crippen LogP contribution is -2.18. The Labute approximate surface area is 183 Å². The van der Waals surface area contributed by atoms with Crippen molar-refractivity contribution in [3.05, 3.63) is 59.5 Å². The first-order valence-corrected chi connectivity index (χ1v) is 11.5. The van der Waals surface area contributed by atoms with Crippen LogP contribution < -0.4 is 5.32 Å². The number of amides is 1. The molecular formula is C21H22N6OS2. The van der Waals surface area contributed by atoms with Crippen molar-refractivity contribution < 1.29 is 4.79 Å². The van der Waals surface area contributed by atoms with Gasteiger partial charge in [-0.15, -0.1) is 23.1 Å². The standard InChI is InChI=1S/C21H22N6OS2/c1-21(2,3)16-11-17(27(26-16)20-22-9-6-10-23-20)25-18(28)12-29-13-19-24-14-7-4-5-8-15(14)30-19/h4-11H,12-13H2,1-3H3,(H,25,28). The number of fused-ring (bicyclic) bond motifs is 1. The predicted molar refractivity (Wildman–Crippen MR) is 122 cm³/mol. The number of carbonyl (C=O) groups excluding carboxylic acids is 1. The van der Waals surface area contributed by atoms with E-state index in [0.29, 0.717) is 23.3 Å². The van der Waals surface area contributed by atoms with Crippen LogP contribution in [0.1, 0.15) is 31.5 Å². The van der Waals surface area contributed by atoms with Gasteiger partial charge in [-0.25, -0.2) is 15.0 Å². The monoisotopic (exact) mass is 438 g/mol. The molecule has 3 aromatic heterocycles. The Hall–Kier alpha value is -2.78. The summed E-state index contributed by atoms with van der Waals surface area (Å²) >= 11 is 3.20. The molecule has 4 aromatic rings. The first-order valence-electron chi connectivity index (χ1n) is 9.50. The molecule has 0 saturated heterocycles. The molecule has 154 valence electrons. The largest absolute Gasteiger partial charge is 0.310 e. The summed E-state index contributed by atoms with van der Waals surface area (Å²) < 4.78 is 2.75. The number of para-hydroxylation sites is 1. The number of nitrogens with one attached hydrogen (secondary N) is 1. The Kier molecular flexibility index (Phi) is 5.83. The Bertz CT molecular complexity index is 1130. The number of rotatable bonds is 6. The molecular weight excluding hydrogens is 416 g/mol. The molecule has 4 rings (SSSR count). The summed E-state index contributed by atoms with van der Waals surface area (Å²) in [7, 11) is 0. The zero-order chi connectivity index (χ0) is 21.1. The second-order valence-electron chi connectivity index (χ2n) is 7.74. The zero-order valence-electron chi connectivity index (χ0n) is 17.0. The summed E-state index contributed by atoms with van der Waals surface area (Å²) in [5, 5.41) is 8.60. The summed E-state index contributed by atoms with van der Waals surface area (Å²) in [6.07, 6.45) is 3.31. The number of carbonyl (C=O) groups is 1. The van der Waals surface area contributed by atoms with Crippen LogP contribution in [0, 0.1) is 0 Å². The molecule has 0 bridgehead atoms. The maximum Gasteiger partial charge on any atom is 0.252 e. The van der Waals surface area contributed by atoms with E-state index in [1.54, 1.807) is 34.5 Å². The number of thiazole rings is 1. The van der Waals surface area contributed by atoms with Gasteiger partial charge in [-0.3, -0.25) is 4.79 Å². The fraction of sp³-hybridized carbons (Fsp3) is 0.286. The van der Waals surface area contributed by atoms with Gasteiger partial charge in [0.1, 0.15) is 10.8 Å². The van der Waals surface area contributed by atoms with Gasteiger partial charge >= 0.3 is 0 Å². The van der Waals surface area contributed by atoms with E-state index < -0.39 is 0 Å². The maximum atomic E-state index is 12.6. The smallest absolute Gasteiger partial charge is 0.252 e.